The van der Waals surface area contributed by atoms with E-state index < -0.39 is 60.1 Å². The van der Waals surface area contributed by atoms with E-state index in [1.54, 1.807) is 0 Å². The molecule has 0 radical (unpaired) electrons. The number of nitrogens with one attached hydrogen (secondary N) is 1. The van der Waals surface area contributed by atoms with Gasteiger partial charge in [-0.15, -0.1) is 6.42 Å². The molecular formula is C13H18NO14P3. The van der Waals surface area contributed by atoms with E-state index in [0.717, 1.165) is 6.07 Å². The van der Waals surface area contributed by atoms with Crippen molar-refractivity contribution < 1.29 is 61.0 Å². The number of hydrogen-bond donors (Lipinski definition) is 6. The zero-order chi connectivity index (χ0) is 23.6. The van der Waals surface area contributed by atoms with E-state index >= 15 is 0 Å². The Morgan fingerprint density at radius 2 is 1.81 bits per heavy atom. The van der Waals surface area contributed by atoms with Crippen LogP contribution in [-0.2, 0) is 36.3 Å². The first-order valence-electron chi connectivity index (χ1n) is 8.02. The number of hydrogen-bond acceptors (Lipinski definition) is 10. The van der Waals surface area contributed by atoms with Crippen LogP contribution in [0, 0.1) is 12.3 Å². The van der Waals surface area contributed by atoms with Gasteiger partial charge in [0, 0.05) is 18.7 Å². The molecule has 18 heteroatoms. The minimum atomic E-state index is -5.69. The van der Waals surface area contributed by atoms with Gasteiger partial charge in [0.2, 0.25) is 5.56 Å². The zero-order valence-corrected chi connectivity index (χ0v) is 18.2. The van der Waals surface area contributed by atoms with Crippen molar-refractivity contribution in [3.05, 3.63) is 33.7 Å². The Hall–Kier alpha value is -1.20. The first kappa shape index (κ1) is 26.1. The molecule has 0 saturated carbocycles. The molecule has 0 aliphatic carbocycles. The Morgan fingerprint density at radius 3 is 2.35 bits per heavy atom. The van der Waals surface area contributed by atoms with Gasteiger partial charge in [-0.2, -0.15) is 8.62 Å². The van der Waals surface area contributed by atoms with Gasteiger partial charge in [-0.05, 0) is 6.07 Å². The molecule has 1 aromatic heterocycles. The largest absolute Gasteiger partial charge is 0.490 e. The molecule has 1 aromatic rings. The van der Waals surface area contributed by atoms with Crippen LogP contribution in [0.3, 0.4) is 0 Å². The third-order valence-electron chi connectivity index (χ3n) is 3.83. The maximum absolute atomic E-state index is 11.8. The van der Waals surface area contributed by atoms with Gasteiger partial charge in [-0.3, -0.25) is 9.32 Å². The lowest BCUT2D eigenvalue weighted by molar-refractivity contribution is -0.0231. The summed E-state index contributed by atoms with van der Waals surface area (Å²) in [7, 11) is -15.4. The summed E-state index contributed by atoms with van der Waals surface area (Å²) in [5.41, 5.74) is -0.192. The number of pyridine rings is 1. The SMILES string of the molecule is C#Cc1[nH]c(=O)ccc1[C@@H]1O[C@H](COP(=O)(O)OP(=O)(O)OP(=O)(O)O)C(O)[C@@H]1OC. The Morgan fingerprint density at radius 1 is 1.16 bits per heavy atom. The number of phosphoric acid groups is 3. The number of aliphatic hydroxyl groups excluding tert-OH is 1. The number of phosphoric ester groups is 1. The standard InChI is InChI=1S/C13H18NO14P3/c1-3-8-7(4-5-10(15)14-8)12-13(24-2)11(16)9(26-12)6-25-30(20,21)28-31(22,23)27-29(17,18)19/h1,4-5,9,11-13,16H,6H2,2H3,(H,14,15)(H,20,21)(H,22,23)(H2,17,18,19)/t9-,11?,12+,13+/m1/s1. The normalized spacial score (nSPS) is 27.9. The van der Waals surface area contributed by atoms with E-state index in [4.69, 9.17) is 30.6 Å². The molecule has 31 heavy (non-hydrogen) atoms. The lowest BCUT2D eigenvalue weighted by atomic mass is 10.00. The third kappa shape index (κ3) is 7.15. The molecule has 0 bridgehead atoms. The number of aliphatic hydroxyl groups is 1. The summed E-state index contributed by atoms with van der Waals surface area (Å²) in [6, 6.07) is 2.49. The van der Waals surface area contributed by atoms with Crippen LogP contribution in [0.2, 0.25) is 0 Å². The monoisotopic (exact) mass is 505 g/mol. The fourth-order valence-electron chi connectivity index (χ4n) is 2.70. The second-order valence-corrected chi connectivity index (χ2v) is 10.4. The summed E-state index contributed by atoms with van der Waals surface area (Å²) in [6.45, 7) is -0.893. The van der Waals surface area contributed by atoms with Gasteiger partial charge in [0.25, 0.3) is 0 Å². The Balaban J connectivity index is 2.14. The number of terminal acetylenes is 1. The predicted octanol–water partition coefficient (Wildman–Crippen LogP) is -0.485. The van der Waals surface area contributed by atoms with Crippen molar-refractivity contribution in [2.24, 2.45) is 0 Å². The van der Waals surface area contributed by atoms with Crippen molar-refractivity contribution in [1.82, 2.24) is 4.98 Å². The van der Waals surface area contributed by atoms with E-state index in [9.17, 15) is 28.5 Å². The van der Waals surface area contributed by atoms with Crippen molar-refractivity contribution in [2.45, 2.75) is 24.4 Å². The summed E-state index contributed by atoms with van der Waals surface area (Å²) in [6.07, 6.45) is 0.439. The molecule has 2 heterocycles. The number of rotatable bonds is 9. The van der Waals surface area contributed by atoms with Crippen molar-refractivity contribution >= 4 is 23.5 Å². The van der Waals surface area contributed by atoms with Crippen LogP contribution in [0.1, 0.15) is 17.4 Å². The topological polar surface area (TPSA) is 231 Å². The highest BCUT2D eigenvalue weighted by molar-refractivity contribution is 7.66. The van der Waals surface area contributed by atoms with E-state index in [1.807, 2.05) is 0 Å². The minimum Gasteiger partial charge on any atom is -0.387 e. The quantitative estimate of drug-likeness (QED) is 0.184. The highest BCUT2D eigenvalue weighted by Crippen LogP contribution is 2.66. The van der Waals surface area contributed by atoms with Crippen molar-refractivity contribution in [3.63, 3.8) is 0 Å². The van der Waals surface area contributed by atoms with Gasteiger partial charge in [0.05, 0.1) is 12.3 Å². The molecule has 3 unspecified atom stereocenters. The van der Waals surface area contributed by atoms with Gasteiger partial charge in [0.15, 0.2) is 0 Å². The van der Waals surface area contributed by atoms with Gasteiger partial charge in [0.1, 0.15) is 24.4 Å². The molecule has 1 aliphatic rings. The van der Waals surface area contributed by atoms with Crippen molar-refractivity contribution in [2.75, 3.05) is 13.7 Å². The molecule has 1 aliphatic heterocycles. The van der Waals surface area contributed by atoms with Crippen LogP contribution in [0.5, 0.6) is 0 Å². The average molecular weight is 505 g/mol. The lowest BCUT2D eigenvalue weighted by Crippen LogP contribution is -2.34. The summed E-state index contributed by atoms with van der Waals surface area (Å²) < 4.78 is 56.2. The van der Waals surface area contributed by atoms with Crippen LogP contribution < -0.4 is 5.56 Å². The second kappa shape index (κ2) is 9.74. The molecule has 1 fully saturated rings. The van der Waals surface area contributed by atoms with E-state index in [-0.39, 0.29) is 11.3 Å². The van der Waals surface area contributed by atoms with Gasteiger partial charge >= 0.3 is 23.5 Å². The Bertz CT molecular complexity index is 1040. The molecule has 0 amide bonds. The molecule has 174 valence electrons. The van der Waals surface area contributed by atoms with Crippen molar-refractivity contribution in [3.8, 4) is 12.3 Å². The van der Waals surface area contributed by atoms with Crippen LogP contribution in [0.15, 0.2) is 16.9 Å². The average Bonchev–Trinajstić information content (AvgIpc) is 2.92. The number of methoxy groups -OCH3 is 1. The molecule has 15 nitrogen and oxygen atoms in total. The number of aromatic amines is 1. The summed E-state index contributed by atoms with van der Waals surface area (Å²) in [5, 5.41) is 10.4. The minimum absolute atomic E-state index is 0.0419. The van der Waals surface area contributed by atoms with Gasteiger partial charge in [-0.25, -0.2) is 13.7 Å². The first-order chi connectivity index (χ1) is 14.2. The summed E-state index contributed by atoms with van der Waals surface area (Å²) in [5.74, 6) is 2.24. The van der Waals surface area contributed by atoms with Gasteiger partial charge < -0.3 is 39.1 Å². The fourth-order valence-corrected chi connectivity index (χ4v) is 5.73. The summed E-state index contributed by atoms with van der Waals surface area (Å²) >= 11 is 0. The molecular weight excluding hydrogens is 487 g/mol. The predicted molar refractivity (Wildman–Crippen MR) is 99.2 cm³/mol. The van der Waals surface area contributed by atoms with Crippen LogP contribution in [-0.4, -0.2) is 61.7 Å². The van der Waals surface area contributed by atoms with Crippen LogP contribution in [0.4, 0.5) is 0 Å². The highest BCUT2D eigenvalue weighted by atomic mass is 31.3. The molecule has 0 aromatic carbocycles. The first-order valence-corrected chi connectivity index (χ1v) is 12.5. The summed E-state index contributed by atoms with van der Waals surface area (Å²) in [4.78, 5) is 49.5. The van der Waals surface area contributed by atoms with E-state index in [1.165, 1.54) is 13.2 Å². The molecule has 1 saturated heterocycles. The third-order valence-corrected chi connectivity index (χ3v) is 7.63. The Labute approximate surface area is 174 Å². The molecule has 6 N–H and O–H groups in total. The maximum Gasteiger partial charge on any atom is 0.490 e. The smallest absolute Gasteiger partial charge is 0.387 e. The highest BCUT2D eigenvalue weighted by Gasteiger charge is 2.47. The fraction of sp³-hybridized carbons (Fsp3) is 0.462. The Kier molecular flexibility index (Phi) is 8.19. The molecule has 6 atom stereocenters. The maximum atomic E-state index is 11.8. The van der Waals surface area contributed by atoms with Crippen LogP contribution >= 0.6 is 23.5 Å². The number of H-pyrrole nitrogens is 1. The number of aromatic nitrogens is 1. The molecule has 0 spiro atoms. The lowest BCUT2D eigenvalue weighted by Gasteiger charge is -2.19. The van der Waals surface area contributed by atoms with Crippen molar-refractivity contribution in [1.29, 1.82) is 0 Å². The number of ether oxygens (including phenoxy) is 2. The zero-order valence-electron chi connectivity index (χ0n) is 15.5. The van der Waals surface area contributed by atoms with E-state index in [0.29, 0.717) is 0 Å². The van der Waals surface area contributed by atoms with Gasteiger partial charge in [-0.1, -0.05) is 5.92 Å². The second-order valence-electron chi connectivity index (χ2n) is 5.97. The molecule has 2 rings (SSSR count). The van der Waals surface area contributed by atoms with Crippen LogP contribution in [0.25, 0.3) is 0 Å². The van der Waals surface area contributed by atoms with E-state index in [2.05, 4.69) is 24.0 Å².